The third-order valence-corrected chi connectivity index (χ3v) is 5.34. The number of aliphatic imine (C=N–C) groups is 1. The van der Waals surface area contributed by atoms with E-state index in [-0.39, 0.29) is 0 Å². The van der Waals surface area contributed by atoms with Crippen LogP contribution in [0.5, 0.6) is 0 Å². The second-order valence-electron chi connectivity index (χ2n) is 7.52. The molecule has 6 heteroatoms. The van der Waals surface area contributed by atoms with Crippen molar-refractivity contribution in [1.82, 2.24) is 15.5 Å². The Kier molecular flexibility index (Phi) is 11.0. The molecule has 26 heavy (non-hydrogen) atoms. The van der Waals surface area contributed by atoms with Crippen LogP contribution in [-0.4, -0.2) is 76.1 Å². The molecule has 1 saturated carbocycles. The smallest absolute Gasteiger partial charge is 0.191 e. The van der Waals surface area contributed by atoms with E-state index in [4.69, 9.17) is 9.47 Å². The van der Waals surface area contributed by atoms with Gasteiger partial charge < -0.3 is 25.0 Å². The molecule has 2 aliphatic rings. The van der Waals surface area contributed by atoms with Gasteiger partial charge in [0.25, 0.3) is 0 Å². The average molecular weight is 369 g/mol. The van der Waals surface area contributed by atoms with E-state index in [1.807, 2.05) is 0 Å². The number of ether oxygens (including phenoxy) is 2. The number of hydrogen-bond donors (Lipinski definition) is 2. The van der Waals surface area contributed by atoms with E-state index in [9.17, 15) is 0 Å². The monoisotopic (exact) mass is 368 g/mol. The molecular formula is C20H40N4O2. The van der Waals surface area contributed by atoms with Gasteiger partial charge >= 0.3 is 0 Å². The van der Waals surface area contributed by atoms with Gasteiger partial charge in [-0.15, -0.1) is 0 Å². The Labute approximate surface area is 160 Å². The highest BCUT2D eigenvalue weighted by atomic mass is 16.5. The number of guanidine groups is 1. The third kappa shape index (κ3) is 8.69. The van der Waals surface area contributed by atoms with Crippen molar-refractivity contribution in [2.45, 2.75) is 70.4 Å². The van der Waals surface area contributed by atoms with Crippen LogP contribution in [0.3, 0.4) is 0 Å². The molecule has 0 bridgehead atoms. The Morgan fingerprint density at radius 3 is 2.73 bits per heavy atom. The molecule has 0 aromatic rings. The predicted molar refractivity (Wildman–Crippen MR) is 108 cm³/mol. The first kappa shape index (κ1) is 21.5. The molecule has 2 N–H and O–H groups in total. The molecular weight excluding hydrogens is 328 g/mol. The van der Waals surface area contributed by atoms with E-state index in [1.165, 1.54) is 38.5 Å². The van der Waals surface area contributed by atoms with Gasteiger partial charge in [0, 0.05) is 45.4 Å². The van der Waals surface area contributed by atoms with E-state index in [0.717, 1.165) is 70.8 Å². The summed E-state index contributed by atoms with van der Waals surface area (Å²) in [4.78, 5) is 7.17. The average Bonchev–Trinajstić information content (AvgIpc) is 3.18. The standard InChI is InChI=1S/C20H40N4O2/c1-3-21-20(22-12-8-15-25-17-19-11-7-16-26-19)23-13-14-24(2)18-9-5-4-6-10-18/h18-19H,3-17H2,1-2H3,(H2,21,22,23). The van der Waals surface area contributed by atoms with Crippen molar-refractivity contribution in [3.8, 4) is 0 Å². The number of nitrogens with one attached hydrogen (secondary N) is 2. The minimum atomic E-state index is 0.318. The van der Waals surface area contributed by atoms with E-state index in [1.54, 1.807) is 0 Å². The molecule has 0 aromatic heterocycles. The first-order chi connectivity index (χ1) is 12.8. The predicted octanol–water partition coefficient (Wildman–Crippen LogP) is 2.39. The van der Waals surface area contributed by atoms with Crippen LogP contribution in [0.1, 0.15) is 58.3 Å². The summed E-state index contributed by atoms with van der Waals surface area (Å²) in [5.74, 6) is 0.920. The molecule has 6 nitrogen and oxygen atoms in total. The molecule has 2 fully saturated rings. The van der Waals surface area contributed by atoms with Crippen molar-refractivity contribution in [1.29, 1.82) is 0 Å². The van der Waals surface area contributed by atoms with Crippen molar-refractivity contribution in [2.24, 2.45) is 4.99 Å². The maximum atomic E-state index is 5.70. The Hall–Kier alpha value is -0.850. The summed E-state index contributed by atoms with van der Waals surface area (Å²) in [7, 11) is 2.26. The zero-order valence-electron chi connectivity index (χ0n) is 17.0. The molecule has 2 rings (SSSR count). The first-order valence-electron chi connectivity index (χ1n) is 10.7. The van der Waals surface area contributed by atoms with Crippen molar-refractivity contribution >= 4 is 5.96 Å². The van der Waals surface area contributed by atoms with Gasteiger partial charge in [0.05, 0.1) is 12.7 Å². The molecule has 1 saturated heterocycles. The van der Waals surface area contributed by atoms with Crippen molar-refractivity contribution in [2.75, 3.05) is 53.0 Å². The lowest BCUT2D eigenvalue weighted by molar-refractivity contribution is 0.0171. The maximum absolute atomic E-state index is 5.70. The second kappa shape index (κ2) is 13.3. The van der Waals surface area contributed by atoms with Gasteiger partial charge in [-0.05, 0) is 46.1 Å². The van der Waals surface area contributed by atoms with E-state index in [2.05, 4.69) is 34.5 Å². The van der Waals surface area contributed by atoms with Crippen LogP contribution in [0, 0.1) is 0 Å². The van der Waals surface area contributed by atoms with Crippen LogP contribution < -0.4 is 10.6 Å². The minimum absolute atomic E-state index is 0.318. The molecule has 1 aliphatic carbocycles. The van der Waals surface area contributed by atoms with Crippen LogP contribution in [0.4, 0.5) is 0 Å². The van der Waals surface area contributed by atoms with Crippen molar-refractivity contribution in [3.63, 3.8) is 0 Å². The SMILES string of the molecule is CCNC(=NCCCOCC1CCCO1)NCCN(C)C1CCCCC1. The highest BCUT2D eigenvalue weighted by molar-refractivity contribution is 5.79. The number of nitrogens with zero attached hydrogens (tertiary/aromatic N) is 2. The highest BCUT2D eigenvalue weighted by Crippen LogP contribution is 2.21. The van der Waals surface area contributed by atoms with Crippen LogP contribution in [0.25, 0.3) is 0 Å². The normalized spacial score (nSPS) is 22.1. The zero-order chi connectivity index (χ0) is 18.5. The van der Waals surface area contributed by atoms with Gasteiger partial charge in [0.2, 0.25) is 0 Å². The van der Waals surface area contributed by atoms with Crippen LogP contribution in [0.2, 0.25) is 0 Å². The largest absolute Gasteiger partial charge is 0.379 e. The van der Waals surface area contributed by atoms with Crippen molar-refractivity contribution < 1.29 is 9.47 Å². The molecule has 0 amide bonds. The zero-order valence-corrected chi connectivity index (χ0v) is 17.0. The molecule has 1 aliphatic heterocycles. The van der Waals surface area contributed by atoms with Gasteiger partial charge in [-0.3, -0.25) is 4.99 Å². The summed E-state index contributed by atoms with van der Waals surface area (Å²) in [5, 5.41) is 6.79. The van der Waals surface area contributed by atoms with Gasteiger partial charge in [-0.1, -0.05) is 19.3 Å². The quantitative estimate of drug-likeness (QED) is 0.333. The summed E-state index contributed by atoms with van der Waals surface area (Å²) in [6.07, 6.45) is 10.5. The maximum Gasteiger partial charge on any atom is 0.191 e. The topological polar surface area (TPSA) is 58.1 Å². The Balaban J connectivity index is 1.54. The summed E-state index contributed by atoms with van der Waals surface area (Å²) < 4.78 is 11.3. The molecule has 0 spiro atoms. The van der Waals surface area contributed by atoms with Crippen LogP contribution in [0.15, 0.2) is 4.99 Å². The summed E-state index contributed by atoms with van der Waals surface area (Å²) >= 11 is 0. The number of rotatable bonds is 11. The fourth-order valence-corrected chi connectivity index (χ4v) is 3.74. The number of hydrogen-bond acceptors (Lipinski definition) is 4. The summed E-state index contributed by atoms with van der Waals surface area (Å²) in [5.41, 5.74) is 0. The molecule has 1 heterocycles. The van der Waals surface area contributed by atoms with E-state index >= 15 is 0 Å². The Morgan fingerprint density at radius 2 is 2.00 bits per heavy atom. The first-order valence-corrected chi connectivity index (χ1v) is 10.7. The lowest BCUT2D eigenvalue weighted by Crippen LogP contribution is -2.43. The fourth-order valence-electron chi connectivity index (χ4n) is 3.74. The van der Waals surface area contributed by atoms with Crippen molar-refractivity contribution in [3.05, 3.63) is 0 Å². The molecule has 0 radical (unpaired) electrons. The Morgan fingerprint density at radius 1 is 1.15 bits per heavy atom. The Bertz CT molecular complexity index is 380. The molecule has 152 valence electrons. The highest BCUT2D eigenvalue weighted by Gasteiger charge is 2.17. The summed E-state index contributed by atoms with van der Waals surface area (Å²) in [6, 6.07) is 0.770. The minimum Gasteiger partial charge on any atom is -0.379 e. The van der Waals surface area contributed by atoms with E-state index in [0.29, 0.717) is 6.10 Å². The lowest BCUT2D eigenvalue weighted by Gasteiger charge is -2.31. The second-order valence-corrected chi connectivity index (χ2v) is 7.52. The molecule has 0 aromatic carbocycles. The third-order valence-electron chi connectivity index (χ3n) is 5.34. The summed E-state index contributed by atoms with van der Waals surface area (Å²) in [6.45, 7) is 8.18. The van der Waals surface area contributed by atoms with Gasteiger partial charge in [-0.2, -0.15) is 0 Å². The van der Waals surface area contributed by atoms with Gasteiger partial charge in [0.15, 0.2) is 5.96 Å². The van der Waals surface area contributed by atoms with E-state index < -0.39 is 0 Å². The van der Waals surface area contributed by atoms with Crippen LogP contribution >= 0.6 is 0 Å². The lowest BCUT2D eigenvalue weighted by atomic mass is 9.94. The van der Waals surface area contributed by atoms with Crippen LogP contribution in [-0.2, 0) is 9.47 Å². The number of likely N-dealkylation sites (N-methyl/N-ethyl adjacent to an activating group) is 1. The molecule has 1 atom stereocenters. The molecule has 1 unspecified atom stereocenters. The fraction of sp³-hybridized carbons (Fsp3) is 0.950. The van der Waals surface area contributed by atoms with Gasteiger partial charge in [-0.25, -0.2) is 0 Å². The van der Waals surface area contributed by atoms with Gasteiger partial charge in [0.1, 0.15) is 0 Å².